The number of esters is 2. The van der Waals surface area contributed by atoms with Crippen molar-refractivity contribution >= 4 is 186 Å². The number of carboxylic acids is 2. The zero-order valence-electron chi connectivity index (χ0n) is 75.0. The molecule has 0 fully saturated rings. The van der Waals surface area contributed by atoms with Gasteiger partial charge in [0.1, 0.15) is 54.7 Å². The molecule has 34 nitrogen and oxygen atoms in total. The Morgan fingerprint density at radius 2 is 0.964 bits per heavy atom. The molecular formula is C93H87Cl8K2N19O15. The topological polar surface area (TPSA) is 491 Å². The van der Waals surface area contributed by atoms with Gasteiger partial charge in [0.05, 0.1) is 129 Å². The van der Waals surface area contributed by atoms with Crippen LogP contribution in [0.5, 0.6) is 5.75 Å². The van der Waals surface area contributed by atoms with Crippen LogP contribution < -0.4 is 146 Å². The predicted octanol–water partition coefficient (Wildman–Crippen LogP) is 12.8. The number of aromatic nitrogens is 13. The number of benzene rings is 2. The van der Waals surface area contributed by atoms with Gasteiger partial charge in [-0.3, -0.25) is 48.7 Å². The first-order valence-electron chi connectivity index (χ1n) is 39.7. The Bertz CT molecular complexity index is 6260. The summed E-state index contributed by atoms with van der Waals surface area (Å²) in [6, 6.07) is 51.8. The number of fused-ring (bicyclic) bond motifs is 1. The van der Waals surface area contributed by atoms with Crippen LogP contribution in [-0.2, 0) is 37.0 Å². The molecule has 0 unspecified atom stereocenters. The number of hydrogen-bond acceptors (Lipinski definition) is 31. The molecule has 44 heteroatoms. The van der Waals surface area contributed by atoms with E-state index in [0.29, 0.717) is 98.2 Å². The van der Waals surface area contributed by atoms with Crippen molar-refractivity contribution in [3.8, 4) is 22.6 Å². The van der Waals surface area contributed by atoms with E-state index in [1.807, 2.05) is 104 Å². The average Bonchev–Trinajstić information content (AvgIpc) is 0.759. The van der Waals surface area contributed by atoms with Crippen molar-refractivity contribution in [1.82, 2.24) is 69.3 Å². The molecule has 0 bridgehead atoms. The minimum atomic E-state index is -1.11. The number of aliphatic hydroxyl groups excluding tert-OH is 1. The minimum absolute atomic E-state index is 0. The van der Waals surface area contributed by atoms with Crippen LogP contribution >= 0.6 is 92.8 Å². The number of nitrogens with two attached hydrogens (primary N) is 2. The number of carbonyl (C=O) groups excluding carboxylic acids is 4. The van der Waals surface area contributed by atoms with Crippen molar-refractivity contribution in [2.45, 2.75) is 40.7 Å². The fourth-order valence-corrected chi connectivity index (χ4v) is 12.1. The molecule has 0 amide bonds. The number of ether oxygens (including phenoxy) is 3. The Morgan fingerprint density at radius 1 is 0.496 bits per heavy atom. The van der Waals surface area contributed by atoms with E-state index in [1.165, 1.54) is 36.8 Å². The first kappa shape index (κ1) is 118. The maximum Gasteiger partial charge on any atom is 1.00 e. The summed E-state index contributed by atoms with van der Waals surface area (Å²) in [6.07, 6.45) is 27.6. The van der Waals surface area contributed by atoms with Gasteiger partial charge in [-0.2, -0.15) is 0 Å². The molecule has 15 rings (SSSR count). The maximum absolute atomic E-state index is 13.2. The van der Waals surface area contributed by atoms with Crippen molar-refractivity contribution in [3.05, 3.63) is 366 Å². The Balaban J connectivity index is 0.000000402. The van der Waals surface area contributed by atoms with Gasteiger partial charge in [-0.05, 0) is 147 Å². The molecular weight excluding hydrogens is 1980 g/mol. The van der Waals surface area contributed by atoms with E-state index in [1.54, 1.807) is 153 Å². The molecule has 0 aliphatic heterocycles. The number of anilines is 8. The first-order valence-corrected chi connectivity index (χ1v) is 42.8. The van der Waals surface area contributed by atoms with Crippen LogP contribution in [0, 0.1) is 0 Å². The van der Waals surface area contributed by atoms with Crippen LogP contribution in [-0.4, -0.2) is 161 Å². The number of hydrogen-bond donors (Lipinski definition) is 8. The number of aldehydes is 1. The van der Waals surface area contributed by atoms with Crippen LogP contribution in [0.15, 0.2) is 286 Å². The number of pyridine rings is 13. The van der Waals surface area contributed by atoms with Crippen LogP contribution in [0.3, 0.4) is 0 Å². The second-order valence-corrected chi connectivity index (χ2v) is 29.2. The SMILES string of the molecule is CCN(CC)CCOc1ccc(N)nc1.CCOC(=O)Cc1ccccc1.CCOC(=O)c1cnc(Cl)cc1Cl.Nc1cccnc1.O=C(O)c1cnc(Cl)cc1Cl.O=C(O)c1cnc(Cl)cc1Nc1cccnc1.O=CO[O-].O=Cc1cnc(Cl)cc1Nc1cccnc1.O=c1c(-c2ccccc2)cc2cnc(Cl)cc2n1-c1cccnc1.OCc1cnc(Cl)cc1Nc1cccnc1.[H-].[K+].[K+]. The Hall–Kier alpha value is -11.3. The quantitative estimate of drug-likeness (QED) is 0.00695. The van der Waals surface area contributed by atoms with Gasteiger partial charge >= 0.3 is 127 Å². The average molecular weight is 2070 g/mol. The molecule has 0 spiro atoms. The number of aliphatic hydroxyl groups is 1. The van der Waals surface area contributed by atoms with Gasteiger partial charge in [0.2, 0.25) is 0 Å². The monoisotopic (exact) mass is 2070 g/mol. The van der Waals surface area contributed by atoms with Crippen LogP contribution in [0.4, 0.5) is 45.6 Å². The van der Waals surface area contributed by atoms with Gasteiger partial charge < -0.3 is 73.4 Å². The standard InChI is InChI=1S/C19H12ClN3O.C11H8ClN3O2.C11H10ClN3O.C11H8ClN3O.C11H19N3O.C10H12O2.C8H7Cl2NO2.C6H3Cl2NO2.C5H6N2.CH2O3.2K.H/c20-18-10-17-14(11-22-18)9-16(13-5-2-1-3-6-13)19(24)23(17)15-7-4-8-21-12-15;12-10-4-9(8(6-14-10)11(16)17)15-7-2-1-3-13-5-7;2*12-11-4-10(8(7-16)5-14-11)15-9-2-1-3-13-6-9;1-3-14(4-2)7-8-15-10-5-6-11(12)13-9-10;1-2-12-10(11)8-9-6-4-3-5-7-9;1-2-13-8(12)5-4-11-7(10)3-6(5)9;7-4-1-5(8)9-2-3(4)6(10)11;6-5-2-1-3-7-4-5;2-1-4-3;;;/h1-12H;1-6H,(H,14,15)(H,16,17);1-6,16H,7H2,(H,14,15);1-7H,(H,14,15);5-6,9H,3-4,7-8H2,1-2H3,(H2,12,13);3-7H,2,8H2,1H3;3-4H,2H2,1H3;1-2H,(H,10,11);1-4H,6H2;1,3H;;;/q;;;;;;;;;;2*+1;-1/p-1. The normalized spacial score (nSPS) is 9.74. The van der Waals surface area contributed by atoms with E-state index < -0.39 is 17.9 Å². The molecule has 10 N–H and O–H groups in total. The molecule has 0 atom stereocenters. The fourth-order valence-electron chi connectivity index (χ4n) is 10.6. The molecule has 0 saturated carbocycles. The number of carboxylic acid groups (broad SMARTS) is 2. The zero-order valence-corrected chi connectivity index (χ0v) is 86.3. The maximum atomic E-state index is 13.2. The number of carbonyl (C=O) groups is 6. The first-order chi connectivity index (χ1) is 65.1. The van der Waals surface area contributed by atoms with E-state index >= 15 is 0 Å². The summed E-state index contributed by atoms with van der Waals surface area (Å²) in [7, 11) is 0. The summed E-state index contributed by atoms with van der Waals surface area (Å²) in [5.74, 6) is -1.54. The molecule has 13 heterocycles. The van der Waals surface area contributed by atoms with Crippen LogP contribution in [0.2, 0.25) is 41.0 Å². The number of aromatic carboxylic acids is 2. The number of nitrogens with one attached hydrogen (secondary N) is 3. The number of likely N-dealkylation sites (N-methyl/N-ethyl adjacent to an activating group) is 1. The van der Waals surface area contributed by atoms with Crippen molar-refractivity contribution < 1.29 is 173 Å². The summed E-state index contributed by atoms with van der Waals surface area (Å²) in [6.45, 7) is 12.0. The van der Waals surface area contributed by atoms with Crippen molar-refractivity contribution in [1.29, 1.82) is 0 Å². The predicted molar refractivity (Wildman–Crippen MR) is 521 cm³/mol. The van der Waals surface area contributed by atoms with E-state index in [2.05, 4.69) is 99.4 Å². The van der Waals surface area contributed by atoms with Gasteiger partial charge in [-0.1, -0.05) is 167 Å². The van der Waals surface area contributed by atoms with Crippen LogP contribution in [0.25, 0.3) is 27.7 Å². The number of rotatable bonds is 24. The molecule has 0 aliphatic carbocycles. The summed E-state index contributed by atoms with van der Waals surface area (Å²) in [5, 5.41) is 47.0. The van der Waals surface area contributed by atoms with Crippen LogP contribution in [0.1, 0.15) is 81.7 Å². The Labute approximate surface area is 913 Å². The van der Waals surface area contributed by atoms with E-state index in [9.17, 15) is 28.8 Å². The van der Waals surface area contributed by atoms with Crippen molar-refractivity contribution in [3.63, 3.8) is 0 Å². The smallest absolute Gasteiger partial charge is 1.00 e. The van der Waals surface area contributed by atoms with E-state index in [0.717, 1.165) is 71.4 Å². The summed E-state index contributed by atoms with van der Waals surface area (Å²) in [4.78, 5) is 128. The van der Waals surface area contributed by atoms with Gasteiger partial charge in [-0.15, -0.1) is 0 Å². The van der Waals surface area contributed by atoms with Gasteiger partial charge in [0, 0.05) is 109 Å². The molecule has 13 aromatic heterocycles. The summed E-state index contributed by atoms with van der Waals surface area (Å²) >= 11 is 45.6. The third kappa shape index (κ3) is 44.4. The third-order valence-electron chi connectivity index (χ3n) is 16.8. The van der Waals surface area contributed by atoms with Gasteiger partial charge in [-0.25, -0.2) is 49.3 Å². The number of nitrogens with zero attached hydrogens (tertiary/aromatic N) is 14. The fraction of sp³-hybridized carbons (Fsp3) is 0.129. The molecule has 15 aromatic rings. The molecule has 702 valence electrons. The molecule has 137 heavy (non-hydrogen) atoms. The van der Waals surface area contributed by atoms with E-state index in [-0.39, 0.29) is 171 Å². The third-order valence-corrected chi connectivity index (χ3v) is 18.7. The molecule has 0 radical (unpaired) electrons. The molecule has 0 saturated heterocycles. The Morgan fingerprint density at radius 3 is 1.42 bits per heavy atom. The van der Waals surface area contributed by atoms with Gasteiger partial charge in [0.25, 0.3) is 12.0 Å². The second-order valence-electron chi connectivity index (χ2n) is 26.1. The molecule has 2 aromatic carbocycles. The Kier molecular flexibility index (Phi) is 57.8. The van der Waals surface area contributed by atoms with Crippen molar-refractivity contribution in [2.24, 2.45) is 0 Å². The van der Waals surface area contributed by atoms with E-state index in [4.69, 9.17) is 144 Å². The zero-order chi connectivity index (χ0) is 98.2. The number of halogens is 8. The van der Waals surface area contributed by atoms with Gasteiger partial charge in [0.15, 0.2) is 6.29 Å². The summed E-state index contributed by atoms with van der Waals surface area (Å²) < 4.78 is 16.7. The minimum Gasteiger partial charge on any atom is -1.00 e. The molecule has 0 aliphatic rings. The van der Waals surface area contributed by atoms with Crippen molar-refractivity contribution in [2.75, 3.05) is 66.9 Å². The largest absolute Gasteiger partial charge is 1.00 e. The number of nitrogen functional groups attached to an aromatic ring is 2. The summed E-state index contributed by atoms with van der Waals surface area (Å²) in [5.41, 5.74) is 20.6. The second kappa shape index (κ2) is 67.1.